The fourth-order valence-electron chi connectivity index (χ4n) is 2.37. The third-order valence-corrected chi connectivity index (χ3v) is 3.59. The normalized spacial score (nSPS) is 19.0. The van der Waals surface area contributed by atoms with E-state index in [1.807, 2.05) is 6.92 Å². The molecule has 0 saturated carbocycles. The maximum Gasteiger partial charge on any atom is 0.219 e. The van der Waals surface area contributed by atoms with E-state index in [4.69, 9.17) is 0 Å². The minimum absolute atomic E-state index is 0.156. The van der Waals surface area contributed by atoms with Crippen molar-refractivity contribution in [3.05, 3.63) is 29.8 Å². The molecule has 2 rings (SSSR count). The van der Waals surface area contributed by atoms with E-state index in [-0.39, 0.29) is 5.91 Å². The molecule has 1 amide bonds. The molecule has 1 aromatic rings. The van der Waals surface area contributed by atoms with E-state index < -0.39 is 0 Å². The largest absolute Gasteiger partial charge is 0.371 e. The van der Waals surface area contributed by atoms with Crippen LogP contribution in [0.4, 0.5) is 5.69 Å². The molecule has 1 N–H and O–H groups in total. The molecule has 18 heavy (non-hydrogen) atoms. The van der Waals surface area contributed by atoms with Crippen molar-refractivity contribution >= 4 is 11.6 Å². The molecular weight excluding hydrogens is 224 g/mol. The fraction of sp³-hybridized carbons (Fsp3) is 0.533. The standard InChI is InChI=1S/C15H22N2O/c1-3-15(18)16-10-13-8-9-17(11-13)14-6-4-12(2)5-7-14/h4-7,13H,3,8-11H2,1-2H3,(H,16,18). The number of hydrogen-bond acceptors (Lipinski definition) is 2. The van der Waals surface area contributed by atoms with Gasteiger partial charge in [0, 0.05) is 31.7 Å². The monoisotopic (exact) mass is 246 g/mol. The predicted octanol–water partition coefficient (Wildman–Crippen LogP) is 2.35. The molecule has 1 atom stereocenters. The van der Waals surface area contributed by atoms with Gasteiger partial charge >= 0.3 is 0 Å². The number of hydrogen-bond donors (Lipinski definition) is 1. The highest BCUT2D eigenvalue weighted by Gasteiger charge is 2.22. The first-order chi connectivity index (χ1) is 8.69. The number of rotatable bonds is 4. The average Bonchev–Trinajstić information content (AvgIpc) is 2.85. The van der Waals surface area contributed by atoms with Gasteiger partial charge in [-0.1, -0.05) is 24.6 Å². The first-order valence-corrected chi connectivity index (χ1v) is 6.77. The van der Waals surface area contributed by atoms with Gasteiger partial charge < -0.3 is 10.2 Å². The molecule has 0 aromatic heterocycles. The number of amides is 1. The smallest absolute Gasteiger partial charge is 0.219 e. The summed E-state index contributed by atoms with van der Waals surface area (Å²) in [6.07, 6.45) is 1.74. The Kier molecular flexibility index (Phi) is 4.24. The van der Waals surface area contributed by atoms with E-state index in [9.17, 15) is 4.79 Å². The molecule has 1 heterocycles. The third kappa shape index (κ3) is 3.25. The van der Waals surface area contributed by atoms with Gasteiger partial charge in [0.15, 0.2) is 0 Å². The molecule has 0 spiro atoms. The highest BCUT2D eigenvalue weighted by Crippen LogP contribution is 2.23. The summed E-state index contributed by atoms with van der Waals surface area (Å²) in [5.74, 6) is 0.741. The molecule has 1 aliphatic heterocycles. The number of carbonyl (C=O) groups excluding carboxylic acids is 1. The summed E-state index contributed by atoms with van der Waals surface area (Å²) in [4.78, 5) is 13.6. The number of aryl methyl sites for hydroxylation is 1. The lowest BCUT2D eigenvalue weighted by Crippen LogP contribution is -2.30. The molecule has 0 radical (unpaired) electrons. The second kappa shape index (κ2) is 5.89. The zero-order chi connectivity index (χ0) is 13.0. The molecular formula is C15H22N2O. The Morgan fingerprint density at radius 1 is 1.39 bits per heavy atom. The van der Waals surface area contributed by atoms with Gasteiger partial charge in [-0.15, -0.1) is 0 Å². The van der Waals surface area contributed by atoms with Crippen molar-refractivity contribution in [3.63, 3.8) is 0 Å². The number of nitrogens with zero attached hydrogens (tertiary/aromatic N) is 1. The van der Waals surface area contributed by atoms with Gasteiger partial charge in [-0.3, -0.25) is 4.79 Å². The van der Waals surface area contributed by atoms with Crippen molar-refractivity contribution in [2.45, 2.75) is 26.7 Å². The maximum absolute atomic E-state index is 11.2. The highest BCUT2D eigenvalue weighted by molar-refractivity contribution is 5.75. The van der Waals surface area contributed by atoms with Crippen LogP contribution in [-0.4, -0.2) is 25.5 Å². The van der Waals surface area contributed by atoms with E-state index in [2.05, 4.69) is 41.4 Å². The Morgan fingerprint density at radius 3 is 2.78 bits per heavy atom. The van der Waals surface area contributed by atoms with Crippen LogP contribution in [0.5, 0.6) is 0 Å². The molecule has 1 aromatic carbocycles. The van der Waals surface area contributed by atoms with Crippen LogP contribution in [0.2, 0.25) is 0 Å². The second-order valence-electron chi connectivity index (χ2n) is 5.09. The third-order valence-electron chi connectivity index (χ3n) is 3.59. The molecule has 1 saturated heterocycles. The van der Waals surface area contributed by atoms with Gasteiger partial charge in [0.25, 0.3) is 0 Å². The molecule has 1 aliphatic rings. The fourth-order valence-corrected chi connectivity index (χ4v) is 2.37. The van der Waals surface area contributed by atoms with E-state index >= 15 is 0 Å². The Morgan fingerprint density at radius 2 is 2.11 bits per heavy atom. The lowest BCUT2D eigenvalue weighted by atomic mass is 10.1. The first kappa shape index (κ1) is 12.9. The Bertz CT molecular complexity index is 399. The SMILES string of the molecule is CCC(=O)NCC1CCN(c2ccc(C)cc2)C1. The Labute approximate surface area is 109 Å². The van der Waals surface area contributed by atoms with E-state index in [1.165, 1.54) is 11.3 Å². The summed E-state index contributed by atoms with van der Waals surface area (Å²) in [6.45, 7) is 6.96. The van der Waals surface area contributed by atoms with Crippen LogP contribution in [0.25, 0.3) is 0 Å². The lowest BCUT2D eigenvalue weighted by Gasteiger charge is -2.19. The van der Waals surface area contributed by atoms with Gasteiger partial charge in [0.05, 0.1) is 0 Å². The Balaban J connectivity index is 1.84. The van der Waals surface area contributed by atoms with Gasteiger partial charge in [0.1, 0.15) is 0 Å². The lowest BCUT2D eigenvalue weighted by molar-refractivity contribution is -0.120. The van der Waals surface area contributed by atoms with Crippen LogP contribution < -0.4 is 10.2 Å². The number of carbonyl (C=O) groups is 1. The zero-order valence-corrected chi connectivity index (χ0v) is 11.3. The average molecular weight is 246 g/mol. The van der Waals surface area contributed by atoms with Gasteiger partial charge in [0.2, 0.25) is 5.91 Å². The van der Waals surface area contributed by atoms with Crippen molar-refractivity contribution in [1.82, 2.24) is 5.32 Å². The molecule has 3 heteroatoms. The van der Waals surface area contributed by atoms with Crippen LogP contribution in [0.1, 0.15) is 25.3 Å². The Hall–Kier alpha value is -1.51. The summed E-state index contributed by atoms with van der Waals surface area (Å²) in [5.41, 5.74) is 2.59. The summed E-state index contributed by atoms with van der Waals surface area (Å²) >= 11 is 0. The van der Waals surface area contributed by atoms with Crippen molar-refractivity contribution in [3.8, 4) is 0 Å². The topological polar surface area (TPSA) is 32.3 Å². The number of anilines is 1. The van der Waals surface area contributed by atoms with E-state index in [1.54, 1.807) is 0 Å². The quantitative estimate of drug-likeness (QED) is 0.884. The van der Waals surface area contributed by atoms with Crippen molar-refractivity contribution in [2.24, 2.45) is 5.92 Å². The van der Waals surface area contributed by atoms with Crippen LogP contribution in [0, 0.1) is 12.8 Å². The predicted molar refractivity (Wildman–Crippen MR) is 74.8 cm³/mol. The molecule has 0 bridgehead atoms. The van der Waals surface area contributed by atoms with Crippen molar-refractivity contribution in [1.29, 1.82) is 0 Å². The second-order valence-corrected chi connectivity index (χ2v) is 5.09. The van der Waals surface area contributed by atoms with Crippen LogP contribution in [-0.2, 0) is 4.79 Å². The zero-order valence-electron chi connectivity index (χ0n) is 11.3. The summed E-state index contributed by atoms with van der Waals surface area (Å²) < 4.78 is 0. The number of nitrogens with one attached hydrogen (secondary N) is 1. The van der Waals surface area contributed by atoms with Gasteiger partial charge in [-0.2, -0.15) is 0 Å². The van der Waals surface area contributed by atoms with E-state index in [0.717, 1.165) is 26.1 Å². The van der Waals surface area contributed by atoms with Gasteiger partial charge in [-0.05, 0) is 31.4 Å². The van der Waals surface area contributed by atoms with Crippen LogP contribution in [0.15, 0.2) is 24.3 Å². The van der Waals surface area contributed by atoms with Crippen LogP contribution in [0.3, 0.4) is 0 Å². The van der Waals surface area contributed by atoms with Gasteiger partial charge in [-0.25, -0.2) is 0 Å². The molecule has 0 aliphatic carbocycles. The summed E-state index contributed by atoms with van der Waals surface area (Å²) in [5, 5.41) is 2.99. The molecule has 98 valence electrons. The molecule has 3 nitrogen and oxygen atoms in total. The summed E-state index contributed by atoms with van der Waals surface area (Å²) in [7, 11) is 0. The van der Waals surface area contributed by atoms with Crippen molar-refractivity contribution in [2.75, 3.05) is 24.5 Å². The minimum atomic E-state index is 0.156. The van der Waals surface area contributed by atoms with E-state index in [0.29, 0.717) is 12.3 Å². The molecule has 1 fully saturated rings. The maximum atomic E-state index is 11.2. The molecule has 1 unspecified atom stereocenters. The highest BCUT2D eigenvalue weighted by atomic mass is 16.1. The first-order valence-electron chi connectivity index (χ1n) is 6.77. The van der Waals surface area contributed by atoms with Crippen LogP contribution >= 0.6 is 0 Å². The van der Waals surface area contributed by atoms with Crippen molar-refractivity contribution < 1.29 is 4.79 Å². The number of benzene rings is 1. The minimum Gasteiger partial charge on any atom is -0.371 e. The summed E-state index contributed by atoms with van der Waals surface area (Å²) in [6, 6.07) is 8.67.